The van der Waals surface area contributed by atoms with Gasteiger partial charge in [-0.15, -0.1) is 24.0 Å². The minimum atomic E-state index is 0. The molecule has 1 saturated heterocycles. The van der Waals surface area contributed by atoms with E-state index in [1.807, 2.05) is 31.2 Å². The molecule has 0 amide bonds. The first-order valence-electron chi connectivity index (χ1n) is 10.2. The molecule has 0 aliphatic carbocycles. The first kappa shape index (κ1) is 24.0. The smallest absolute Gasteiger partial charge is 0.191 e. The zero-order valence-corrected chi connectivity index (χ0v) is 20.1. The third-order valence-corrected chi connectivity index (χ3v) is 5.03. The molecule has 162 valence electrons. The molecule has 7 heteroatoms. The third-order valence-electron chi connectivity index (χ3n) is 5.03. The molecular weight excluding hydrogens is 489 g/mol. The number of pyridine rings is 1. The summed E-state index contributed by atoms with van der Waals surface area (Å²) in [5.41, 5.74) is 2.15. The summed E-state index contributed by atoms with van der Waals surface area (Å²) >= 11 is 0. The molecule has 0 unspecified atom stereocenters. The topological polar surface area (TPSA) is 61.8 Å². The first-order valence-corrected chi connectivity index (χ1v) is 10.2. The number of anilines is 1. The van der Waals surface area contributed by atoms with Crippen LogP contribution in [0, 0.1) is 6.92 Å². The van der Waals surface area contributed by atoms with Crippen LogP contribution in [0.5, 0.6) is 5.75 Å². The van der Waals surface area contributed by atoms with Gasteiger partial charge >= 0.3 is 0 Å². The fraction of sp³-hybridized carbons (Fsp3) is 0.391. The summed E-state index contributed by atoms with van der Waals surface area (Å²) in [5, 5.41) is 6.96. The van der Waals surface area contributed by atoms with Gasteiger partial charge in [-0.25, -0.2) is 4.98 Å². The number of hydrogen-bond donors (Lipinski definition) is 2. The number of aliphatic imine (C=N–C) groups is 1. The van der Waals surface area contributed by atoms with Crippen molar-refractivity contribution in [3.05, 3.63) is 66.4 Å². The monoisotopic (exact) mass is 521 g/mol. The quantitative estimate of drug-likeness (QED) is 0.251. The second-order valence-corrected chi connectivity index (χ2v) is 7.18. The van der Waals surface area contributed by atoms with Gasteiger partial charge in [0.05, 0.1) is 0 Å². The number of nitrogens with one attached hydrogen (secondary N) is 2. The van der Waals surface area contributed by atoms with E-state index >= 15 is 0 Å². The Balaban J connectivity index is 0.00000320. The highest BCUT2D eigenvalue weighted by molar-refractivity contribution is 14.0. The van der Waals surface area contributed by atoms with Crippen LogP contribution in [-0.2, 0) is 6.54 Å². The van der Waals surface area contributed by atoms with Crippen LogP contribution in [0.15, 0.2) is 60.1 Å². The molecule has 1 aromatic carbocycles. The maximum Gasteiger partial charge on any atom is 0.191 e. The number of halogens is 1. The van der Waals surface area contributed by atoms with Crippen molar-refractivity contribution < 1.29 is 4.74 Å². The average Bonchev–Trinajstić information content (AvgIpc) is 2.76. The molecule has 0 spiro atoms. The summed E-state index contributed by atoms with van der Waals surface area (Å²) in [5.74, 6) is 2.76. The Kier molecular flexibility index (Phi) is 9.93. The van der Waals surface area contributed by atoms with Crippen molar-refractivity contribution in [2.75, 3.05) is 31.6 Å². The van der Waals surface area contributed by atoms with Crippen molar-refractivity contribution in [1.29, 1.82) is 0 Å². The van der Waals surface area contributed by atoms with Crippen molar-refractivity contribution >= 4 is 35.8 Å². The molecule has 0 bridgehead atoms. The van der Waals surface area contributed by atoms with Crippen LogP contribution in [0.1, 0.15) is 24.1 Å². The number of nitrogens with zero attached hydrogens (tertiary/aromatic N) is 3. The fourth-order valence-corrected chi connectivity index (χ4v) is 3.46. The van der Waals surface area contributed by atoms with E-state index in [4.69, 9.17) is 4.74 Å². The van der Waals surface area contributed by atoms with E-state index in [2.05, 4.69) is 50.3 Å². The average molecular weight is 521 g/mol. The maximum atomic E-state index is 5.73. The lowest BCUT2D eigenvalue weighted by Crippen LogP contribution is -2.48. The van der Waals surface area contributed by atoms with E-state index in [0.29, 0.717) is 19.2 Å². The zero-order valence-electron chi connectivity index (χ0n) is 17.8. The van der Waals surface area contributed by atoms with Crippen molar-refractivity contribution in [3.8, 4) is 5.75 Å². The highest BCUT2D eigenvalue weighted by atomic mass is 127. The number of ether oxygens (including phenoxy) is 1. The minimum Gasteiger partial charge on any atom is -0.489 e. The number of benzene rings is 1. The van der Waals surface area contributed by atoms with E-state index in [9.17, 15) is 0 Å². The van der Waals surface area contributed by atoms with E-state index in [0.717, 1.165) is 54.7 Å². The van der Waals surface area contributed by atoms with Gasteiger partial charge in [-0.05, 0) is 38.0 Å². The highest BCUT2D eigenvalue weighted by Crippen LogP contribution is 2.19. The fourth-order valence-electron chi connectivity index (χ4n) is 3.46. The third kappa shape index (κ3) is 6.90. The molecular formula is C23H32IN5O. The predicted molar refractivity (Wildman–Crippen MR) is 135 cm³/mol. The van der Waals surface area contributed by atoms with Gasteiger partial charge in [-0.3, -0.25) is 4.99 Å². The summed E-state index contributed by atoms with van der Waals surface area (Å²) < 4.78 is 5.73. The van der Waals surface area contributed by atoms with Crippen LogP contribution < -0.4 is 20.3 Å². The number of aromatic nitrogens is 1. The molecule has 2 N–H and O–H groups in total. The van der Waals surface area contributed by atoms with Gasteiger partial charge in [-0.1, -0.05) is 36.9 Å². The van der Waals surface area contributed by atoms with E-state index in [-0.39, 0.29) is 24.0 Å². The molecule has 0 atom stereocenters. The summed E-state index contributed by atoms with van der Waals surface area (Å²) in [4.78, 5) is 11.4. The Morgan fingerprint density at radius 1 is 1.23 bits per heavy atom. The molecule has 3 rings (SSSR count). The van der Waals surface area contributed by atoms with Gasteiger partial charge in [0.25, 0.3) is 0 Å². The molecule has 6 nitrogen and oxygen atoms in total. The van der Waals surface area contributed by atoms with Crippen LogP contribution >= 0.6 is 24.0 Å². The summed E-state index contributed by atoms with van der Waals surface area (Å²) in [6, 6.07) is 14.6. The summed E-state index contributed by atoms with van der Waals surface area (Å²) in [6.45, 7) is 8.87. The summed E-state index contributed by atoms with van der Waals surface area (Å²) in [6.07, 6.45) is 3.86. The minimum absolute atomic E-state index is 0. The molecule has 30 heavy (non-hydrogen) atoms. The molecule has 1 aliphatic heterocycles. The van der Waals surface area contributed by atoms with Gasteiger partial charge in [0.15, 0.2) is 5.96 Å². The van der Waals surface area contributed by atoms with Crippen molar-refractivity contribution in [1.82, 2.24) is 15.6 Å². The van der Waals surface area contributed by atoms with E-state index in [1.54, 1.807) is 13.1 Å². The lowest BCUT2D eigenvalue weighted by atomic mass is 10.1. The number of rotatable bonds is 7. The lowest BCUT2D eigenvalue weighted by Gasteiger charge is -2.34. The SMILES string of the molecule is C=CCOc1ccccc1CNC(=NC)NC1CCN(c2cccc(C)n2)CC1.I. The largest absolute Gasteiger partial charge is 0.489 e. The van der Waals surface area contributed by atoms with Gasteiger partial charge < -0.3 is 20.3 Å². The number of piperidine rings is 1. The van der Waals surface area contributed by atoms with Crippen molar-refractivity contribution in [2.45, 2.75) is 32.4 Å². The number of aryl methyl sites for hydroxylation is 1. The Labute approximate surface area is 196 Å². The Morgan fingerprint density at radius 3 is 2.70 bits per heavy atom. The van der Waals surface area contributed by atoms with Gasteiger partial charge in [0.2, 0.25) is 0 Å². The molecule has 1 aliphatic rings. The van der Waals surface area contributed by atoms with Crippen LogP contribution in [0.25, 0.3) is 0 Å². The van der Waals surface area contributed by atoms with E-state index in [1.165, 1.54) is 0 Å². The zero-order chi connectivity index (χ0) is 20.5. The van der Waals surface area contributed by atoms with Gasteiger partial charge in [-0.2, -0.15) is 0 Å². The second-order valence-electron chi connectivity index (χ2n) is 7.18. The Hall–Kier alpha value is -2.29. The Morgan fingerprint density at radius 2 is 2.00 bits per heavy atom. The summed E-state index contributed by atoms with van der Waals surface area (Å²) in [7, 11) is 1.81. The number of guanidine groups is 1. The molecule has 0 saturated carbocycles. The molecule has 0 radical (unpaired) electrons. The van der Waals surface area contributed by atoms with Gasteiger partial charge in [0, 0.05) is 44.0 Å². The Bertz CT molecular complexity index is 834. The second kappa shape index (κ2) is 12.4. The number of hydrogen-bond acceptors (Lipinski definition) is 4. The van der Waals surface area contributed by atoms with Gasteiger partial charge in [0.1, 0.15) is 18.2 Å². The van der Waals surface area contributed by atoms with Crippen LogP contribution in [0.3, 0.4) is 0 Å². The van der Waals surface area contributed by atoms with Crippen LogP contribution in [0.2, 0.25) is 0 Å². The molecule has 2 aromatic rings. The van der Waals surface area contributed by atoms with Crippen LogP contribution in [0.4, 0.5) is 5.82 Å². The molecule has 2 heterocycles. The first-order chi connectivity index (χ1) is 14.2. The normalized spacial score (nSPS) is 14.6. The predicted octanol–water partition coefficient (Wildman–Crippen LogP) is 3.91. The number of para-hydroxylation sites is 1. The van der Waals surface area contributed by atoms with Crippen molar-refractivity contribution in [3.63, 3.8) is 0 Å². The van der Waals surface area contributed by atoms with E-state index < -0.39 is 0 Å². The lowest BCUT2D eigenvalue weighted by molar-refractivity contribution is 0.358. The maximum absolute atomic E-state index is 5.73. The standard InChI is InChI=1S/C23H31N5O.HI/c1-4-16-29-21-10-6-5-9-19(21)17-25-23(24-3)27-20-12-14-28(15-13-20)22-11-7-8-18(2)26-22;/h4-11,20H,1,12-17H2,2-3H3,(H2,24,25,27);1H. The molecule has 1 fully saturated rings. The highest BCUT2D eigenvalue weighted by Gasteiger charge is 2.21. The van der Waals surface area contributed by atoms with Crippen LogP contribution in [-0.4, -0.2) is 43.7 Å². The van der Waals surface area contributed by atoms with Crippen molar-refractivity contribution in [2.24, 2.45) is 4.99 Å². The molecule has 1 aromatic heterocycles.